The summed E-state index contributed by atoms with van der Waals surface area (Å²) in [7, 11) is 0. The number of para-hydroxylation sites is 1. The molecule has 0 aliphatic carbocycles. The standard InChI is InChI=1S/C15H20N4O/c16-8-15-12-18(6-7-20-15)10-13-9-17-19(11-13)14-4-2-1-3-5-14/h1-5,9,11,15H,6-8,10,12,16H2. The van der Waals surface area contributed by atoms with Crippen molar-refractivity contribution in [2.45, 2.75) is 12.6 Å². The molecule has 0 saturated carbocycles. The van der Waals surface area contributed by atoms with Gasteiger partial charge in [-0.25, -0.2) is 4.68 Å². The summed E-state index contributed by atoms with van der Waals surface area (Å²) in [5, 5.41) is 4.43. The number of aromatic nitrogens is 2. The van der Waals surface area contributed by atoms with Crippen molar-refractivity contribution in [1.82, 2.24) is 14.7 Å². The van der Waals surface area contributed by atoms with Gasteiger partial charge in [0.05, 0.1) is 24.6 Å². The van der Waals surface area contributed by atoms with Crippen LogP contribution in [0.4, 0.5) is 0 Å². The molecule has 0 radical (unpaired) electrons. The van der Waals surface area contributed by atoms with Crippen molar-refractivity contribution in [2.75, 3.05) is 26.2 Å². The van der Waals surface area contributed by atoms with Crippen molar-refractivity contribution in [3.63, 3.8) is 0 Å². The Morgan fingerprint density at radius 3 is 2.95 bits per heavy atom. The Bertz CT molecular complexity index is 540. The highest BCUT2D eigenvalue weighted by Crippen LogP contribution is 2.12. The van der Waals surface area contributed by atoms with Crippen LogP contribution in [-0.4, -0.2) is 47.0 Å². The quantitative estimate of drug-likeness (QED) is 0.903. The van der Waals surface area contributed by atoms with Crippen molar-refractivity contribution in [1.29, 1.82) is 0 Å². The highest BCUT2D eigenvalue weighted by molar-refractivity contribution is 5.30. The average Bonchev–Trinajstić information content (AvgIpc) is 2.97. The molecule has 20 heavy (non-hydrogen) atoms. The topological polar surface area (TPSA) is 56.3 Å². The van der Waals surface area contributed by atoms with Gasteiger partial charge in [0.25, 0.3) is 0 Å². The number of morpholine rings is 1. The van der Waals surface area contributed by atoms with Crippen LogP contribution in [0.2, 0.25) is 0 Å². The predicted octanol–water partition coefficient (Wildman–Crippen LogP) is 1.03. The molecule has 1 aromatic carbocycles. The van der Waals surface area contributed by atoms with Crippen LogP contribution in [0.1, 0.15) is 5.56 Å². The second-order valence-corrected chi connectivity index (χ2v) is 5.09. The van der Waals surface area contributed by atoms with E-state index in [9.17, 15) is 0 Å². The molecule has 1 aromatic heterocycles. The molecule has 1 aliphatic rings. The molecule has 1 saturated heterocycles. The van der Waals surface area contributed by atoms with Crippen molar-refractivity contribution in [2.24, 2.45) is 5.73 Å². The van der Waals surface area contributed by atoms with E-state index in [4.69, 9.17) is 10.5 Å². The fourth-order valence-electron chi connectivity index (χ4n) is 2.49. The van der Waals surface area contributed by atoms with Gasteiger partial charge in [-0.1, -0.05) is 18.2 Å². The van der Waals surface area contributed by atoms with E-state index < -0.39 is 0 Å². The SMILES string of the molecule is NCC1CN(Cc2cnn(-c3ccccc3)c2)CCO1. The lowest BCUT2D eigenvalue weighted by Crippen LogP contribution is -2.45. The molecule has 0 amide bonds. The number of nitrogens with two attached hydrogens (primary N) is 1. The molecule has 1 aliphatic heterocycles. The summed E-state index contributed by atoms with van der Waals surface area (Å²) < 4.78 is 7.49. The van der Waals surface area contributed by atoms with Crippen molar-refractivity contribution < 1.29 is 4.74 Å². The van der Waals surface area contributed by atoms with E-state index in [0.29, 0.717) is 6.54 Å². The Labute approximate surface area is 118 Å². The highest BCUT2D eigenvalue weighted by Gasteiger charge is 2.19. The van der Waals surface area contributed by atoms with Crippen LogP contribution in [0.3, 0.4) is 0 Å². The molecule has 1 atom stereocenters. The highest BCUT2D eigenvalue weighted by atomic mass is 16.5. The molecule has 106 valence electrons. The lowest BCUT2D eigenvalue weighted by Gasteiger charge is -2.31. The smallest absolute Gasteiger partial charge is 0.0824 e. The van der Waals surface area contributed by atoms with Gasteiger partial charge >= 0.3 is 0 Å². The monoisotopic (exact) mass is 272 g/mol. The number of ether oxygens (including phenoxy) is 1. The minimum Gasteiger partial charge on any atom is -0.374 e. The fraction of sp³-hybridized carbons (Fsp3) is 0.400. The number of rotatable bonds is 4. The first kappa shape index (κ1) is 13.3. The van der Waals surface area contributed by atoms with E-state index in [2.05, 4.69) is 28.3 Å². The molecule has 0 spiro atoms. The van der Waals surface area contributed by atoms with E-state index in [1.807, 2.05) is 29.1 Å². The molecular weight excluding hydrogens is 252 g/mol. The Balaban J connectivity index is 1.65. The van der Waals surface area contributed by atoms with Crippen molar-refractivity contribution in [3.05, 3.63) is 48.3 Å². The normalized spacial score (nSPS) is 20.1. The molecule has 1 unspecified atom stereocenters. The van der Waals surface area contributed by atoms with Gasteiger partial charge in [-0.05, 0) is 12.1 Å². The lowest BCUT2D eigenvalue weighted by molar-refractivity contribution is -0.0260. The van der Waals surface area contributed by atoms with E-state index >= 15 is 0 Å². The Hall–Kier alpha value is -1.69. The summed E-state index contributed by atoms with van der Waals surface area (Å²) in [6.45, 7) is 4.08. The molecule has 2 aromatic rings. The van der Waals surface area contributed by atoms with Gasteiger partial charge in [0, 0.05) is 37.9 Å². The van der Waals surface area contributed by atoms with E-state index in [-0.39, 0.29) is 6.10 Å². The van der Waals surface area contributed by atoms with Gasteiger partial charge in [-0.15, -0.1) is 0 Å². The zero-order valence-corrected chi connectivity index (χ0v) is 11.5. The second kappa shape index (κ2) is 6.17. The van der Waals surface area contributed by atoms with Crippen LogP contribution < -0.4 is 5.73 Å². The molecule has 2 N–H and O–H groups in total. The van der Waals surface area contributed by atoms with Crippen molar-refractivity contribution in [3.8, 4) is 5.69 Å². The van der Waals surface area contributed by atoms with Crippen LogP contribution >= 0.6 is 0 Å². The number of benzene rings is 1. The third-order valence-electron chi connectivity index (χ3n) is 3.55. The van der Waals surface area contributed by atoms with Gasteiger partial charge in [0.2, 0.25) is 0 Å². The summed E-state index contributed by atoms with van der Waals surface area (Å²) >= 11 is 0. The summed E-state index contributed by atoms with van der Waals surface area (Å²) in [6.07, 6.45) is 4.18. The van der Waals surface area contributed by atoms with Gasteiger partial charge in [-0.3, -0.25) is 4.90 Å². The van der Waals surface area contributed by atoms with Gasteiger partial charge in [0.1, 0.15) is 0 Å². The minimum atomic E-state index is 0.160. The molecule has 2 heterocycles. The first-order chi connectivity index (χ1) is 9.85. The maximum absolute atomic E-state index is 5.67. The Morgan fingerprint density at radius 2 is 2.15 bits per heavy atom. The number of hydrogen-bond donors (Lipinski definition) is 1. The Morgan fingerprint density at radius 1 is 1.30 bits per heavy atom. The molecule has 1 fully saturated rings. The van der Waals surface area contributed by atoms with Gasteiger partial charge < -0.3 is 10.5 Å². The summed E-state index contributed by atoms with van der Waals surface area (Å²) in [5.41, 5.74) is 7.97. The van der Waals surface area contributed by atoms with Crippen molar-refractivity contribution >= 4 is 0 Å². The fourth-order valence-corrected chi connectivity index (χ4v) is 2.49. The van der Waals surface area contributed by atoms with E-state index in [1.165, 1.54) is 5.56 Å². The average molecular weight is 272 g/mol. The molecule has 5 heteroatoms. The second-order valence-electron chi connectivity index (χ2n) is 5.09. The van der Waals surface area contributed by atoms with Crippen LogP contribution in [0.15, 0.2) is 42.7 Å². The van der Waals surface area contributed by atoms with E-state index in [1.54, 1.807) is 0 Å². The Kier molecular flexibility index (Phi) is 4.11. The number of hydrogen-bond acceptors (Lipinski definition) is 4. The van der Waals surface area contributed by atoms with Crippen LogP contribution in [0.25, 0.3) is 5.69 Å². The van der Waals surface area contributed by atoms with Gasteiger partial charge in [-0.2, -0.15) is 5.10 Å². The molecule has 3 rings (SSSR count). The molecule has 0 bridgehead atoms. The van der Waals surface area contributed by atoms with Crippen LogP contribution in [0.5, 0.6) is 0 Å². The lowest BCUT2D eigenvalue weighted by atomic mass is 10.2. The zero-order chi connectivity index (χ0) is 13.8. The first-order valence-corrected chi connectivity index (χ1v) is 6.98. The summed E-state index contributed by atoms with van der Waals surface area (Å²) in [4.78, 5) is 2.37. The third-order valence-corrected chi connectivity index (χ3v) is 3.55. The largest absolute Gasteiger partial charge is 0.374 e. The van der Waals surface area contributed by atoms with Gasteiger partial charge in [0.15, 0.2) is 0 Å². The van der Waals surface area contributed by atoms with E-state index in [0.717, 1.165) is 31.9 Å². The summed E-state index contributed by atoms with van der Waals surface area (Å²) in [6, 6.07) is 10.1. The molecular formula is C15H20N4O. The summed E-state index contributed by atoms with van der Waals surface area (Å²) in [5.74, 6) is 0. The molecule has 5 nitrogen and oxygen atoms in total. The zero-order valence-electron chi connectivity index (χ0n) is 11.5. The minimum absolute atomic E-state index is 0.160. The number of nitrogens with zero attached hydrogens (tertiary/aromatic N) is 3. The predicted molar refractivity (Wildman–Crippen MR) is 77.6 cm³/mol. The maximum atomic E-state index is 5.67. The van der Waals surface area contributed by atoms with Crippen LogP contribution in [0, 0.1) is 0 Å². The first-order valence-electron chi connectivity index (χ1n) is 6.98. The maximum Gasteiger partial charge on any atom is 0.0824 e. The van der Waals surface area contributed by atoms with Crippen LogP contribution in [-0.2, 0) is 11.3 Å². The third kappa shape index (κ3) is 3.07.